The van der Waals surface area contributed by atoms with E-state index < -0.39 is 5.97 Å². The van der Waals surface area contributed by atoms with E-state index >= 15 is 0 Å². The maximum Gasteiger partial charge on any atom is 0.356 e. The molecule has 2 aromatic heterocycles. The molecule has 1 aliphatic rings. The molecular formula is C13H15N3O2S. The summed E-state index contributed by atoms with van der Waals surface area (Å²) in [6.07, 6.45) is 1.50. The molecule has 3 rings (SSSR count). The van der Waals surface area contributed by atoms with Crippen molar-refractivity contribution in [2.45, 2.75) is 32.4 Å². The van der Waals surface area contributed by atoms with Crippen LogP contribution in [0, 0.1) is 6.92 Å². The minimum Gasteiger partial charge on any atom is -0.476 e. The second-order valence-electron chi connectivity index (χ2n) is 4.86. The quantitative estimate of drug-likeness (QED) is 0.878. The van der Waals surface area contributed by atoms with Gasteiger partial charge in [-0.3, -0.25) is 0 Å². The van der Waals surface area contributed by atoms with Crippen molar-refractivity contribution in [3.05, 3.63) is 28.4 Å². The second kappa shape index (κ2) is 4.47. The summed E-state index contributed by atoms with van der Waals surface area (Å²) in [6, 6.07) is 4.08. The summed E-state index contributed by atoms with van der Waals surface area (Å²) in [5, 5.41) is 9.27. The summed E-state index contributed by atoms with van der Waals surface area (Å²) in [6.45, 7) is 2.67. The van der Waals surface area contributed by atoms with Crippen LogP contribution in [0.25, 0.3) is 10.7 Å². The predicted octanol–water partition coefficient (Wildman–Crippen LogP) is 1.89. The zero-order valence-corrected chi connectivity index (χ0v) is 11.4. The Morgan fingerprint density at radius 3 is 3.00 bits per heavy atom. The Kier molecular flexibility index (Phi) is 2.91. The molecule has 0 saturated carbocycles. The lowest BCUT2D eigenvalue weighted by molar-refractivity contribution is 0.0689. The summed E-state index contributed by atoms with van der Waals surface area (Å²) in [7, 11) is 0. The average molecular weight is 277 g/mol. The summed E-state index contributed by atoms with van der Waals surface area (Å²) in [5.41, 5.74) is 6.97. The Morgan fingerprint density at radius 2 is 2.37 bits per heavy atom. The molecule has 2 aromatic rings. The van der Waals surface area contributed by atoms with Crippen LogP contribution < -0.4 is 5.73 Å². The fourth-order valence-electron chi connectivity index (χ4n) is 2.50. The minimum absolute atomic E-state index is 0.0724. The number of fused-ring (bicyclic) bond motifs is 1. The van der Waals surface area contributed by atoms with Crippen molar-refractivity contribution in [3.63, 3.8) is 0 Å². The molecule has 100 valence electrons. The monoisotopic (exact) mass is 277 g/mol. The number of hydrogen-bond donors (Lipinski definition) is 2. The van der Waals surface area contributed by atoms with Gasteiger partial charge in [-0.25, -0.2) is 9.78 Å². The SMILES string of the molecule is Cc1ccc(-c2nc(C(=O)O)c3n2CC(N)CC3)s1. The van der Waals surface area contributed by atoms with Gasteiger partial charge in [0, 0.05) is 17.5 Å². The molecular weight excluding hydrogens is 262 g/mol. The van der Waals surface area contributed by atoms with Crippen molar-refractivity contribution in [1.82, 2.24) is 9.55 Å². The number of hydrogen-bond acceptors (Lipinski definition) is 4. The van der Waals surface area contributed by atoms with Gasteiger partial charge in [0.2, 0.25) is 0 Å². The zero-order chi connectivity index (χ0) is 13.6. The van der Waals surface area contributed by atoms with Crippen LogP contribution in [0.5, 0.6) is 0 Å². The Bertz CT molecular complexity index is 644. The molecule has 0 fully saturated rings. The van der Waals surface area contributed by atoms with Crippen LogP contribution in [0.15, 0.2) is 12.1 Å². The molecule has 6 heteroatoms. The van der Waals surface area contributed by atoms with Crippen molar-refractivity contribution in [2.75, 3.05) is 0 Å². The predicted molar refractivity (Wildman–Crippen MR) is 73.5 cm³/mol. The fourth-order valence-corrected chi connectivity index (χ4v) is 3.36. The first-order valence-corrected chi connectivity index (χ1v) is 7.03. The third-order valence-electron chi connectivity index (χ3n) is 3.40. The lowest BCUT2D eigenvalue weighted by Gasteiger charge is -2.22. The van der Waals surface area contributed by atoms with Crippen molar-refractivity contribution in [3.8, 4) is 10.7 Å². The second-order valence-corrected chi connectivity index (χ2v) is 6.14. The molecule has 0 aliphatic carbocycles. The number of imidazole rings is 1. The summed E-state index contributed by atoms with van der Waals surface area (Å²) < 4.78 is 1.98. The molecule has 0 spiro atoms. The van der Waals surface area contributed by atoms with E-state index in [1.165, 1.54) is 4.88 Å². The van der Waals surface area contributed by atoms with Gasteiger partial charge in [0.1, 0.15) is 0 Å². The van der Waals surface area contributed by atoms with Crippen molar-refractivity contribution >= 4 is 17.3 Å². The highest BCUT2D eigenvalue weighted by Crippen LogP contribution is 2.31. The van der Waals surface area contributed by atoms with Crippen LogP contribution in [0.1, 0.15) is 27.5 Å². The van der Waals surface area contributed by atoms with Crippen LogP contribution in [-0.2, 0) is 13.0 Å². The third kappa shape index (κ3) is 2.06. The smallest absolute Gasteiger partial charge is 0.356 e. The van der Waals surface area contributed by atoms with Crippen LogP contribution in [0.4, 0.5) is 0 Å². The first-order valence-electron chi connectivity index (χ1n) is 6.21. The van der Waals surface area contributed by atoms with Crippen LogP contribution >= 0.6 is 11.3 Å². The lowest BCUT2D eigenvalue weighted by Crippen LogP contribution is -2.32. The first kappa shape index (κ1) is 12.4. The van der Waals surface area contributed by atoms with E-state index in [0.29, 0.717) is 13.0 Å². The van der Waals surface area contributed by atoms with E-state index in [0.717, 1.165) is 22.8 Å². The highest BCUT2D eigenvalue weighted by atomic mass is 32.1. The topological polar surface area (TPSA) is 81.1 Å². The maximum absolute atomic E-state index is 11.3. The number of aromatic carboxylic acids is 1. The van der Waals surface area contributed by atoms with E-state index in [9.17, 15) is 9.90 Å². The maximum atomic E-state index is 11.3. The highest BCUT2D eigenvalue weighted by Gasteiger charge is 2.27. The van der Waals surface area contributed by atoms with E-state index in [1.54, 1.807) is 11.3 Å². The van der Waals surface area contributed by atoms with Crippen LogP contribution in [0.3, 0.4) is 0 Å². The molecule has 0 aromatic carbocycles. The number of carbonyl (C=O) groups is 1. The van der Waals surface area contributed by atoms with Gasteiger partial charge in [0.15, 0.2) is 11.5 Å². The van der Waals surface area contributed by atoms with Gasteiger partial charge in [-0.05, 0) is 31.9 Å². The largest absolute Gasteiger partial charge is 0.476 e. The molecule has 0 saturated heterocycles. The van der Waals surface area contributed by atoms with Crippen molar-refractivity contribution < 1.29 is 9.90 Å². The summed E-state index contributed by atoms with van der Waals surface area (Å²) >= 11 is 1.62. The van der Waals surface area contributed by atoms with Gasteiger partial charge >= 0.3 is 5.97 Å². The molecule has 5 nitrogen and oxygen atoms in total. The third-order valence-corrected chi connectivity index (χ3v) is 4.40. The average Bonchev–Trinajstić information content (AvgIpc) is 2.92. The highest BCUT2D eigenvalue weighted by molar-refractivity contribution is 7.15. The van der Waals surface area contributed by atoms with Gasteiger partial charge in [-0.1, -0.05) is 0 Å². The number of carboxylic acids is 1. The molecule has 0 amide bonds. The van der Waals surface area contributed by atoms with Crippen molar-refractivity contribution in [2.24, 2.45) is 5.73 Å². The van der Waals surface area contributed by atoms with Crippen molar-refractivity contribution in [1.29, 1.82) is 0 Å². The Labute approximate surface area is 114 Å². The first-order chi connectivity index (χ1) is 9.06. The number of thiophene rings is 1. The Morgan fingerprint density at radius 1 is 1.58 bits per heavy atom. The van der Waals surface area contributed by atoms with Crippen LogP contribution in [0.2, 0.25) is 0 Å². The number of nitrogens with zero attached hydrogens (tertiary/aromatic N) is 2. The zero-order valence-electron chi connectivity index (χ0n) is 10.6. The number of aryl methyl sites for hydroxylation is 1. The minimum atomic E-state index is -0.959. The van der Waals surface area contributed by atoms with Gasteiger partial charge in [-0.15, -0.1) is 11.3 Å². The summed E-state index contributed by atoms with van der Waals surface area (Å²) in [5.74, 6) is -0.223. The van der Waals surface area contributed by atoms with Crippen LogP contribution in [-0.4, -0.2) is 26.7 Å². The molecule has 0 bridgehead atoms. The number of rotatable bonds is 2. The van der Waals surface area contributed by atoms with E-state index in [4.69, 9.17) is 5.73 Å². The van der Waals surface area contributed by atoms with E-state index in [-0.39, 0.29) is 11.7 Å². The molecule has 0 radical (unpaired) electrons. The lowest BCUT2D eigenvalue weighted by atomic mass is 10.0. The number of aromatic nitrogens is 2. The van der Waals surface area contributed by atoms with E-state index in [2.05, 4.69) is 4.98 Å². The molecule has 3 N–H and O–H groups in total. The summed E-state index contributed by atoms with van der Waals surface area (Å²) in [4.78, 5) is 17.8. The molecule has 1 unspecified atom stereocenters. The fraction of sp³-hybridized carbons (Fsp3) is 0.385. The van der Waals surface area contributed by atoms with Gasteiger partial charge in [-0.2, -0.15) is 0 Å². The molecule has 19 heavy (non-hydrogen) atoms. The normalized spacial score (nSPS) is 18.3. The van der Waals surface area contributed by atoms with Gasteiger partial charge < -0.3 is 15.4 Å². The van der Waals surface area contributed by atoms with Gasteiger partial charge in [0.05, 0.1) is 10.6 Å². The van der Waals surface area contributed by atoms with Gasteiger partial charge in [0.25, 0.3) is 0 Å². The molecule has 3 heterocycles. The van der Waals surface area contributed by atoms with E-state index in [1.807, 2.05) is 23.6 Å². The molecule has 1 atom stereocenters. The molecule has 1 aliphatic heterocycles. The standard InChI is InChI=1S/C13H15N3O2S/c1-7-2-5-10(19-7)12-15-11(13(17)18)9-4-3-8(14)6-16(9)12/h2,5,8H,3-4,6,14H2,1H3,(H,17,18). The number of nitrogens with two attached hydrogens (primary N) is 1. The Hall–Kier alpha value is -1.66. The Balaban J connectivity index is 2.17. The number of carboxylic acid groups (broad SMARTS) is 1.